The Kier molecular flexibility index (Phi) is 10.3. The molecule has 2 aliphatic rings. The summed E-state index contributed by atoms with van der Waals surface area (Å²) in [6, 6.07) is 28.2. The number of nitriles is 2. The molecule has 0 unspecified atom stereocenters. The smallest absolute Gasteiger partial charge is 0.431 e. The summed E-state index contributed by atoms with van der Waals surface area (Å²) in [5.41, 5.74) is 3.31. The standard InChI is InChI=1S/C23H9F3N6O.C15H14N5.Ir/c1-28-14-6-8-18-16(10-14)15-9-13(12-27)5-7-17(15)32(18)20-3-2-4-21(29-20)33-22-11-19(30-31-22)23(24,25)26;1-17-3-5-19(11-17)14-7-13(10-16)8-15(9-14)20-6-4-18(2)12-20;/h2-6,8-11H;3-8,11-12H,1-2H3;/q-2;-3;. The van der Waals surface area contributed by atoms with E-state index in [1.54, 1.807) is 47.0 Å². The van der Waals surface area contributed by atoms with Crippen LogP contribution in [-0.2, 0) is 26.3 Å². The van der Waals surface area contributed by atoms with Crippen molar-refractivity contribution in [1.29, 1.82) is 10.5 Å². The number of fused-ring (bicyclic) bond motifs is 3. The third-order valence-electron chi connectivity index (χ3n) is 7.93. The minimum atomic E-state index is -4.63. The summed E-state index contributed by atoms with van der Waals surface area (Å²) in [6.45, 7) is 11.2. The number of anilines is 2. The van der Waals surface area contributed by atoms with E-state index in [0.29, 0.717) is 45.1 Å². The number of hydrogen-bond donors (Lipinski definition) is 0. The van der Waals surface area contributed by atoms with Gasteiger partial charge in [0.25, 0.3) is 0 Å². The van der Waals surface area contributed by atoms with Gasteiger partial charge in [0.05, 0.1) is 12.6 Å². The van der Waals surface area contributed by atoms with Gasteiger partial charge in [0.1, 0.15) is 11.5 Å². The molecular formula is C38H23F3IrN11O-5. The Hall–Kier alpha value is -6.79. The zero-order chi connectivity index (χ0) is 37.3. The zero-order valence-electron chi connectivity index (χ0n) is 28.1. The van der Waals surface area contributed by atoms with Crippen LogP contribution in [0.1, 0.15) is 16.8 Å². The minimum Gasteiger partial charge on any atom is -0.544 e. The number of pyridine rings is 1. The molecule has 2 aliphatic heterocycles. The fraction of sp³-hybridized carbons (Fsp3) is 0.0789. The van der Waals surface area contributed by atoms with Crippen molar-refractivity contribution >= 4 is 38.9 Å². The molecule has 0 aliphatic carbocycles. The molecule has 0 saturated heterocycles. The molecule has 0 saturated carbocycles. The quantitative estimate of drug-likeness (QED) is 0.160. The average molecular weight is 899 g/mol. The van der Waals surface area contributed by atoms with Gasteiger partial charge in [0.2, 0.25) is 5.88 Å². The second-order valence-corrected chi connectivity index (χ2v) is 11.6. The molecule has 0 N–H and O–H groups in total. The predicted molar refractivity (Wildman–Crippen MR) is 188 cm³/mol. The van der Waals surface area contributed by atoms with Crippen molar-refractivity contribution in [3.05, 3.63) is 145 Å². The van der Waals surface area contributed by atoms with Gasteiger partial charge in [-0.1, -0.05) is 40.2 Å². The summed E-state index contributed by atoms with van der Waals surface area (Å²) in [5, 5.41) is 26.4. The number of halogens is 3. The summed E-state index contributed by atoms with van der Waals surface area (Å²) >= 11 is 0. The van der Waals surface area contributed by atoms with E-state index in [-0.39, 0.29) is 31.9 Å². The Labute approximate surface area is 321 Å². The predicted octanol–water partition coefficient (Wildman–Crippen LogP) is 7.61. The van der Waals surface area contributed by atoms with E-state index in [0.717, 1.165) is 16.8 Å². The van der Waals surface area contributed by atoms with Crippen LogP contribution in [0.15, 0.2) is 91.5 Å². The molecule has 54 heavy (non-hydrogen) atoms. The number of benzene rings is 3. The number of ether oxygens (including phenoxy) is 1. The average Bonchev–Trinajstić information content (AvgIpc) is 3.98. The number of rotatable bonds is 5. The van der Waals surface area contributed by atoms with Crippen molar-refractivity contribution < 1.29 is 38.0 Å². The van der Waals surface area contributed by atoms with Gasteiger partial charge >= 0.3 is 6.18 Å². The van der Waals surface area contributed by atoms with Crippen molar-refractivity contribution in [3.8, 4) is 29.7 Å². The number of aromatic nitrogens is 4. The van der Waals surface area contributed by atoms with E-state index in [9.17, 15) is 23.7 Å². The zero-order valence-corrected chi connectivity index (χ0v) is 30.5. The summed E-state index contributed by atoms with van der Waals surface area (Å²) in [4.78, 5) is 15.7. The van der Waals surface area contributed by atoms with Crippen LogP contribution in [0.4, 0.5) is 30.2 Å². The molecule has 0 fully saturated rings. The number of alkyl halides is 3. The maximum atomic E-state index is 12.8. The van der Waals surface area contributed by atoms with Crippen molar-refractivity contribution in [2.75, 3.05) is 23.9 Å². The molecule has 6 aromatic rings. The maximum absolute atomic E-state index is 12.8. The topological polar surface area (TPSA) is 119 Å². The molecule has 3 aromatic carbocycles. The Morgan fingerprint density at radius 2 is 1.57 bits per heavy atom. The third-order valence-corrected chi connectivity index (χ3v) is 7.93. The Morgan fingerprint density at radius 1 is 0.889 bits per heavy atom. The van der Waals surface area contributed by atoms with Crippen LogP contribution in [0.2, 0.25) is 0 Å². The van der Waals surface area contributed by atoms with E-state index in [2.05, 4.69) is 44.3 Å². The minimum absolute atomic E-state index is 0. The van der Waals surface area contributed by atoms with E-state index < -0.39 is 11.9 Å². The van der Waals surface area contributed by atoms with Crippen molar-refractivity contribution in [2.24, 2.45) is 0 Å². The van der Waals surface area contributed by atoms with Crippen LogP contribution >= 0.6 is 0 Å². The largest absolute Gasteiger partial charge is 0.544 e. The molecule has 12 nitrogen and oxygen atoms in total. The first-order valence-corrected chi connectivity index (χ1v) is 15.6. The Bertz CT molecular complexity index is 2440. The summed E-state index contributed by atoms with van der Waals surface area (Å²) in [5.74, 6) is 0.0863. The van der Waals surface area contributed by atoms with Crippen molar-refractivity contribution in [1.82, 2.24) is 29.5 Å². The van der Waals surface area contributed by atoms with E-state index in [4.69, 9.17) is 11.3 Å². The molecule has 271 valence electrons. The molecule has 0 spiro atoms. The van der Waals surface area contributed by atoms with Crippen LogP contribution in [0.5, 0.6) is 11.8 Å². The first-order chi connectivity index (χ1) is 25.5. The van der Waals surface area contributed by atoms with Crippen LogP contribution < -0.4 is 19.6 Å². The molecule has 0 atom stereocenters. The third kappa shape index (κ3) is 7.55. The van der Waals surface area contributed by atoms with Crippen molar-refractivity contribution in [3.63, 3.8) is 0 Å². The van der Waals surface area contributed by atoms with Crippen LogP contribution in [0.3, 0.4) is 0 Å². The van der Waals surface area contributed by atoms with E-state index in [1.165, 1.54) is 6.07 Å². The fourth-order valence-electron chi connectivity index (χ4n) is 5.53. The number of hydrogen-bond acceptors (Lipinski definition) is 9. The molecule has 0 amide bonds. The Balaban J connectivity index is 0.000000203. The van der Waals surface area contributed by atoms with E-state index in [1.807, 2.05) is 84.0 Å². The SMILES string of the molecule is CN1C=CN(c2[c-]c(N3C=CN(C)[CH-]3)cc(C#N)c2)[CH-]1.[C-]#[N+]c1ccc2c(c1)c1cc(C#N)c[c-]c1n2-c1cccc(Oc2cc(C(F)(F)F)n[n-]2)n1.[Ir]. The first-order valence-electron chi connectivity index (χ1n) is 15.6. The van der Waals surface area contributed by atoms with Gasteiger partial charge in [0, 0.05) is 43.6 Å². The van der Waals surface area contributed by atoms with Gasteiger partial charge in [-0.25, -0.2) is 10.1 Å². The normalized spacial score (nSPS) is 13.4. The van der Waals surface area contributed by atoms with Gasteiger partial charge in [0.15, 0.2) is 5.69 Å². The molecule has 8 rings (SSSR count). The maximum Gasteiger partial charge on any atom is 0.431 e. The van der Waals surface area contributed by atoms with E-state index >= 15 is 0 Å². The number of nitrogens with zero attached hydrogens (tertiary/aromatic N) is 11. The summed E-state index contributed by atoms with van der Waals surface area (Å²) in [6.07, 6.45) is 3.14. The van der Waals surface area contributed by atoms with Crippen LogP contribution in [0, 0.1) is 54.7 Å². The molecular weight excluding hydrogens is 876 g/mol. The van der Waals surface area contributed by atoms with Crippen LogP contribution in [0.25, 0.3) is 32.5 Å². The van der Waals surface area contributed by atoms with Gasteiger partial charge in [-0.05, 0) is 57.1 Å². The summed E-state index contributed by atoms with van der Waals surface area (Å²) < 4.78 is 45.5. The molecule has 5 heterocycles. The molecule has 1 radical (unpaired) electrons. The second-order valence-electron chi connectivity index (χ2n) is 11.6. The Morgan fingerprint density at radius 3 is 2.15 bits per heavy atom. The first kappa shape index (κ1) is 37.0. The summed E-state index contributed by atoms with van der Waals surface area (Å²) in [7, 11) is 3.91. The van der Waals surface area contributed by atoms with Crippen LogP contribution in [-0.4, -0.2) is 38.5 Å². The fourth-order valence-corrected chi connectivity index (χ4v) is 5.53. The molecule has 3 aromatic heterocycles. The van der Waals surface area contributed by atoms with Gasteiger partial charge in [-0.15, -0.1) is 41.0 Å². The molecule has 0 bridgehead atoms. The van der Waals surface area contributed by atoms with Gasteiger partial charge < -0.3 is 39.1 Å². The van der Waals surface area contributed by atoms with Crippen molar-refractivity contribution in [2.45, 2.75) is 6.18 Å². The second kappa shape index (κ2) is 15.1. The van der Waals surface area contributed by atoms with Gasteiger partial charge in [-0.3, -0.25) is 0 Å². The van der Waals surface area contributed by atoms with Gasteiger partial charge in [-0.2, -0.15) is 48.9 Å². The monoisotopic (exact) mass is 899 g/mol. The molecule has 16 heteroatoms.